The van der Waals surface area contributed by atoms with Crippen molar-refractivity contribution >= 4 is 5.97 Å². The van der Waals surface area contributed by atoms with Crippen LogP contribution < -0.4 is 0 Å². The van der Waals surface area contributed by atoms with Crippen LogP contribution >= 0.6 is 0 Å². The third kappa shape index (κ3) is 2.82. The number of carbonyl (C=O) groups is 1. The molecular weight excluding hydrogens is 268 g/mol. The summed E-state index contributed by atoms with van der Waals surface area (Å²) in [5.41, 5.74) is 2.18. The Morgan fingerprint density at radius 1 is 1.38 bits per heavy atom. The molecule has 1 unspecified atom stereocenters. The lowest BCUT2D eigenvalue weighted by Gasteiger charge is -2.26. The molecule has 0 bridgehead atoms. The van der Waals surface area contributed by atoms with E-state index in [1.165, 1.54) is 11.1 Å². The van der Waals surface area contributed by atoms with Crippen molar-refractivity contribution in [2.45, 2.75) is 39.0 Å². The zero-order chi connectivity index (χ0) is 15.0. The fourth-order valence-corrected chi connectivity index (χ4v) is 2.84. The summed E-state index contributed by atoms with van der Waals surface area (Å²) in [6.45, 7) is 3.79. The maximum atomic E-state index is 10.8. The molecule has 110 valence electrons. The Labute approximate surface area is 123 Å². The van der Waals surface area contributed by atoms with Crippen LogP contribution in [0.4, 0.5) is 0 Å². The molecule has 0 aliphatic heterocycles. The van der Waals surface area contributed by atoms with Crippen molar-refractivity contribution in [2.75, 3.05) is 0 Å². The van der Waals surface area contributed by atoms with Crippen LogP contribution in [0.3, 0.4) is 0 Å². The van der Waals surface area contributed by atoms with Gasteiger partial charge < -0.3 is 9.52 Å². The highest BCUT2D eigenvalue weighted by Crippen LogP contribution is 2.39. The van der Waals surface area contributed by atoms with E-state index < -0.39 is 11.4 Å². The first-order chi connectivity index (χ1) is 9.94. The van der Waals surface area contributed by atoms with Crippen LogP contribution in [-0.4, -0.2) is 21.3 Å². The zero-order valence-corrected chi connectivity index (χ0v) is 12.2. The SMILES string of the molecule is CC(C)(CC(=O)O)Cc1nnc(C2Cc3ccccc32)o1. The van der Waals surface area contributed by atoms with Gasteiger partial charge in [-0.1, -0.05) is 38.1 Å². The van der Waals surface area contributed by atoms with Gasteiger partial charge >= 0.3 is 5.97 Å². The Balaban J connectivity index is 1.72. The highest BCUT2D eigenvalue weighted by molar-refractivity contribution is 5.67. The van der Waals surface area contributed by atoms with Crippen LogP contribution in [0.5, 0.6) is 0 Å². The molecule has 0 spiro atoms. The molecule has 2 aromatic rings. The van der Waals surface area contributed by atoms with E-state index in [-0.39, 0.29) is 12.3 Å². The number of nitrogens with zero attached hydrogens (tertiary/aromatic N) is 2. The molecule has 0 radical (unpaired) electrons. The molecule has 1 aliphatic carbocycles. The molecular formula is C16H18N2O3. The molecule has 5 nitrogen and oxygen atoms in total. The van der Waals surface area contributed by atoms with Gasteiger partial charge in [-0.3, -0.25) is 4.79 Å². The lowest BCUT2D eigenvalue weighted by atomic mass is 9.77. The van der Waals surface area contributed by atoms with Gasteiger partial charge in [-0.05, 0) is 23.0 Å². The molecule has 21 heavy (non-hydrogen) atoms. The first kappa shape index (κ1) is 13.8. The van der Waals surface area contributed by atoms with E-state index in [1.54, 1.807) is 0 Å². The van der Waals surface area contributed by atoms with E-state index in [9.17, 15) is 4.79 Å². The lowest BCUT2D eigenvalue weighted by molar-refractivity contribution is -0.139. The number of hydrogen-bond acceptors (Lipinski definition) is 4. The molecule has 5 heteroatoms. The average Bonchev–Trinajstić information content (AvgIpc) is 2.76. The normalized spacial score (nSPS) is 17.1. The summed E-state index contributed by atoms with van der Waals surface area (Å²) in [5, 5.41) is 17.1. The lowest BCUT2D eigenvalue weighted by Crippen LogP contribution is -2.20. The number of benzene rings is 1. The second-order valence-corrected chi connectivity index (χ2v) is 6.40. The first-order valence-electron chi connectivity index (χ1n) is 7.06. The molecule has 0 saturated carbocycles. The van der Waals surface area contributed by atoms with Crippen LogP contribution in [0.15, 0.2) is 28.7 Å². The van der Waals surface area contributed by atoms with Gasteiger partial charge in [0.25, 0.3) is 0 Å². The predicted molar refractivity (Wildman–Crippen MR) is 76.0 cm³/mol. The van der Waals surface area contributed by atoms with Gasteiger partial charge in [-0.15, -0.1) is 10.2 Å². The van der Waals surface area contributed by atoms with Crippen LogP contribution in [0.2, 0.25) is 0 Å². The van der Waals surface area contributed by atoms with E-state index in [2.05, 4.69) is 22.3 Å². The highest BCUT2D eigenvalue weighted by Gasteiger charge is 2.32. The number of aromatic nitrogens is 2. The predicted octanol–water partition coefficient (Wildman–Crippen LogP) is 2.80. The Morgan fingerprint density at radius 2 is 2.14 bits per heavy atom. The zero-order valence-electron chi connectivity index (χ0n) is 12.2. The second kappa shape index (κ2) is 4.98. The molecule has 0 saturated heterocycles. The van der Waals surface area contributed by atoms with Gasteiger partial charge in [-0.2, -0.15) is 0 Å². The van der Waals surface area contributed by atoms with Crippen LogP contribution in [0, 0.1) is 5.41 Å². The van der Waals surface area contributed by atoms with E-state index in [4.69, 9.17) is 9.52 Å². The van der Waals surface area contributed by atoms with Gasteiger partial charge in [-0.25, -0.2) is 0 Å². The Morgan fingerprint density at radius 3 is 2.86 bits per heavy atom. The summed E-state index contributed by atoms with van der Waals surface area (Å²) in [6, 6.07) is 8.24. The minimum atomic E-state index is -0.812. The summed E-state index contributed by atoms with van der Waals surface area (Å²) < 4.78 is 5.75. The van der Waals surface area contributed by atoms with E-state index in [1.807, 2.05) is 26.0 Å². The molecule has 1 N–H and O–H groups in total. The molecule has 1 aromatic carbocycles. The maximum Gasteiger partial charge on any atom is 0.303 e. The van der Waals surface area contributed by atoms with Crippen molar-refractivity contribution in [3.8, 4) is 0 Å². The van der Waals surface area contributed by atoms with Gasteiger partial charge in [0.05, 0.1) is 12.3 Å². The number of carboxylic acid groups (broad SMARTS) is 1. The second-order valence-electron chi connectivity index (χ2n) is 6.40. The average molecular weight is 286 g/mol. The highest BCUT2D eigenvalue weighted by atomic mass is 16.4. The van der Waals surface area contributed by atoms with Crippen LogP contribution in [0.1, 0.15) is 49.1 Å². The topological polar surface area (TPSA) is 76.2 Å². The number of hydrogen-bond donors (Lipinski definition) is 1. The molecule has 1 atom stereocenters. The van der Waals surface area contributed by atoms with Crippen molar-refractivity contribution < 1.29 is 14.3 Å². The Bertz CT molecular complexity index is 676. The fourth-order valence-electron chi connectivity index (χ4n) is 2.84. The van der Waals surface area contributed by atoms with Gasteiger partial charge in [0, 0.05) is 6.42 Å². The van der Waals surface area contributed by atoms with Crippen LogP contribution in [0.25, 0.3) is 0 Å². The largest absolute Gasteiger partial charge is 0.481 e. The monoisotopic (exact) mass is 286 g/mol. The molecule has 1 aromatic heterocycles. The standard InChI is InChI=1S/C16H18N2O3/c1-16(2,9-14(19)20)8-13-17-18-15(21-13)12-7-10-5-3-4-6-11(10)12/h3-6,12H,7-9H2,1-2H3,(H,19,20). The third-order valence-electron chi connectivity index (χ3n) is 3.89. The van der Waals surface area contributed by atoms with Crippen molar-refractivity contribution in [1.82, 2.24) is 10.2 Å². The molecule has 1 aliphatic rings. The van der Waals surface area contributed by atoms with Crippen molar-refractivity contribution in [3.63, 3.8) is 0 Å². The Hall–Kier alpha value is -2.17. The van der Waals surface area contributed by atoms with Crippen molar-refractivity contribution in [2.24, 2.45) is 5.41 Å². The van der Waals surface area contributed by atoms with E-state index in [0.29, 0.717) is 18.2 Å². The molecule has 1 heterocycles. The summed E-state index contributed by atoms with van der Waals surface area (Å²) in [6.07, 6.45) is 1.48. The quantitative estimate of drug-likeness (QED) is 0.914. The fraction of sp³-hybridized carbons (Fsp3) is 0.438. The smallest absolute Gasteiger partial charge is 0.303 e. The van der Waals surface area contributed by atoms with Crippen LogP contribution in [-0.2, 0) is 17.6 Å². The molecule has 0 amide bonds. The number of carboxylic acids is 1. The third-order valence-corrected chi connectivity index (χ3v) is 3.89. The van der Waals surface area contributed by atoms with Gasteiger partial charge in [0.15, 0.2) is 0 Å². The number of rotatable bonds is 5. The summed E-state index contributed by atoms with van der Waals surface area (Å²) >= 11 is 0. The van der Waals surface area contributed by atoms with Gasteiger partial charge in [0.1, 0.15) is 0 Å². The number of aliphatic carboxylic acids is 1. The van der Waals surface area contributed by atoms with Crippen molar-refractivity contribution in [3.05, 3.63) is 47.2 Å². The van der Waals surface area contributed by atoms with E-state index in [0.717, 1.165) is 6.42 Å². The van der Waals surface area contributed by atoms with Crippen molar-refractivity contribution in [1.29, 1.82) is 0 Å². The minimum absolute atomic E-state index is 0.0803. The summed E-state index contributed by atoms with van der Waals surface area (Å²) in [5.74, 6) is 0.521. The minimum Gasteiger partial charge on any atom is -0.481 e. The van der Waals surface area contributed by atoms with Gasteiger partial charge in [0.2, 0.25) is 11.8 Å². The first-order valence-corrected chi connectivity index (χ1v) is 7.06. The molecule has 0 fully saturated rings. The summed E-state index contributed by atoms with van der Waals surface area (Å²) in [4.78, 5) is 10.8. The Kier molecular flexibility index (Phi) is 3.27. The summed E-state index contributed by atoms with van der Waals surface area (Å²) in [7, 11) is 0. The molecule has 3 rings (SSSR count). The maximum absolute atomic E-state index is 10.8. The van der Waals surface area contributed by atoms with E-state index >= 15 is 0 Å². The number of fused-ring (bicyclic) bond motifs is 1.